The van der Waals surface area contributed by atoms with Crippen LogP contribution < -0.4 is 10.6 Å². The lowest BCUT2D eigenvalue weighted by Gasteiger charge is -2.11. The van der Waals surface area contributed by atoms with Crippen molar-refractivity contribution in [1.29, 1.82) is 0 Å². The van der Waals surface area contributed by atoms with Gasteiger partial charge in [-0.15, -0.1) is 0 Å². The van der Waals surface area contributed by atoms with Crippen molar-refractivity contribution in [3.8, 4) is 0 Å². The smallest absolute Gasteiger partial charge is 0.254 e. The Kier molecular flexibility index (Phi) is 7.13. The first kappa shape index (κ1) is 21.9. The second-order valence-corrected chi connectivity index (χ2v) is 8.38. The highest BCUT2D eigenvalue weighted by atomic mass is 35.5. The molecule has 7 heteroatoms. The third kappa shape index (κ3) is 5.62. The van der Waals surface area contributed by atoms with Gasteiger partial charge in [0.2, 0.25) is 5.91 Å². The van der Waals surface area contributed by atoms with E-state index in [1.54, 1.807) is 30.5 Å². The third-order valence-electron chi connectivity index (χ3n) is 4.36. The molecule has 0 radical (unpaired) electrons. The van der Waals surface area contributed by atoms with Crippen molar-refractivity contribution in [2.24, 2.45) is 0 Å². The highest BCUT2D eigenvalue weighted by molar-refractivity contribution is 7.99. The topological polar surface area (TPSA) is 71.1 Å². The highest BCUT2D eigenvalue weighted by Gasteiger charge is 2.15. The summed E-state index contributed by atoms with van der Waals surface area (Å²) in [6, 6.07) is 14.9. The van der Waals surface area contributed by atoms with Gasteiger partial charge in [-0.05, 0) is 62.2 Å². The average molecular weight is 440 g/mol. The molecule has 154 valence electrons. The van der Waals surface area contributed by atoms with Crippen LogP contribution in [0, 0.1) is 20.8 Å². The SMILES string of the molecule is Cc1ccc(Sc2ncccc2C(=O)NCC(=O)Nc2ccc(C)cc2Cl)c(C)c1. The highest BCUT2D eigenvalue weighted by Crippen LogP contribution is 2.31. The number of hydrogen-bond acceptors (Lipinski definition) is 4. The number of halogens is 1. The van der Waals surface area contributed by atoms with E-state index in [9.17, 15) is 9.59 Å². The van der Waals surface area contributed by atoms with E-state index >= 15 is 0 Å². The lowest BCUT2D eigenvalue weighted by atomic mass is 10.2. The van der Waals surface area contributed by atoms with E-state index in [-0.39, 0.29) is 18.4 Å². The maximum Gasteiger partial charge on any atom is 0.254 e. The number of rotatable bonds is 6. The Labute approximate surface area is 185 Å². The van der Waals surface area contributed by atoms with Gasteiger partial charge in [0.05, 0.1) is 22.8 Å². The summed E-state index contributed by atoms with van der Waals surface area (Å²) < 4.78 is 0. The molecule has 2 N–H and O–H groups in total. The molecule has 0 saturated carbocycles. The Morgan fingerprint density at radius 3 is 2.50 bits per heavy atom. The molecule has 3 aromatic rings. The van der Waals surface area contributed by atoms with Gasteiger partial charge in [0, 0.05) is 11.1 Å². The first-order valence-electron chi connectivity index (χ1n) is 9.38. The first-order chi connectivity index (χ1) is 14.3. The number of nitrogens with one attached hydrogen (secondary N) is 2. The molecular formula is C23H22ClN3O2S. The molecule has 2 amide bonds. The molecule has 0 atom stereocenters. The summed E-state index contributed by atoms with van der Waals surface area (Å²) in [6.45, 7) is 5.80. The quantitative estimate of drug-likeness (QED) is 0.555. The van der Waals surface area contributed by atoms with Crippen LogP contribution in [0.15, 0.2) is 64.6 Å². The van der Waals surface area contributed by atoms with Crippen molar-refractivity contribution in [1.82, 2.24) is 10.3 Å². The van der Waals surface area contributed by atoms with Crippen LogP contribution in [0.2, 0.25) is 5.02 Å². The molecule has 5 nitrogen and oxygen atoms in total. The molecule has 2 aromatic carbocycles. The van der Waals surface area contributed by atoms with Gasteiger partial charge >= 0.3 is 0 Å². The predicted molar refractivity (Wildman–Crippen MR) is 121 cm³/mol. The summed E-state index contributed by atoms with van der Waals surface area (Å²) >= 11 is 7.57. The van der Waals surface area contributed by atoms with Crippen LogP contribution >= 0.6 is 23.4 Å². The third-order valence-corrected chi connectivity index (χ3v) is 5.87. The van der Waals surface area contributed by atoms with Gasteiger partial charge in [-0.25, -0.2) is 4.98 Å². The van der Waals surface area contributed by atoms with Crippen molar-refractivity contribution >= 4 is 40.9 Å². The molecule has 3 rings (SSSR count). The molecule has 0 aliphatic heterocycles. The lowest BCUT2D eigenvalue weighted by Crippen LogP contribution is -2.33. The molecule has 0 aliphatic carbocycles. The van der Waals surface area contributed by atoms with Crippen molar-refractivity contribution in [3.63, 3.8) is 0 Å². The summed E-state index contributed by atoms with van der Waals surface area (Å²) in [7, 11) is 0. The summed E-state index contributed by atoms with van der Waals surface area (Å²) in [6.07, 6.45) is 1.65. The lowest BCUT2D eigenvalue weighted by molar-refractivity contribution is -0.115. The minimum atomic E-state index is -0.361. The molecule has 0 unspecified atom stereocenters. The zero-order valence-corrected chi connectivity index (χ0v) is 18.5. The number of aromatic nitrogens is 1. The van der Waals surface area contributed by atoms with Crippen LogP contribution in [-0.4, -0.2) is 23.3 Å². The minimum Gasteiger partial charge on any atom is -0.343 e. The monoisotopic (exact) mass is 439 g/mol. The van der Waals surface area contributed by atoms with Gasteiger partial charge in [0.25, 0.3) is 5.91 Å². The van der Waals surface area contributed by atoms with E-state index in [2.05, 4.69) is 21.7 Å². The minimum absolute atomic E-state index is 0.175. The predicted octanol–water partition coefficient (Wildman–Crippen LogP) is 5.18. The van der Waals surface area contributed by atoms with E-state index in [0.29, 0.717) is 21.3 Å². The molecule has 1 heterocycles. The average Bonchev–Trinajstić information content (AvgIpc) is 2.71. The Balaban J connectivity index is 1.66. The Bertz CT molecular complexity index is 1100. The van der Waals surface area contributed by atoms with Crippen molar-refractivity contribution in [3.05, 3.63) is 82.0 Å². The number of pyridine rings is 1. The Morgan fingerprint density at radius 2 is 1.77 bits per heavy atom. The number of amides is 2. The molecule has 0 bridgehead atoms. The number of hydrogen-bond donors (Lipinski definition) is 2. The van der Waals surface area contributed by atoms with Crippen LogP contribution in [0.25, 0.3) is 0 Å². The molecule has 30 heavy (non-hydrogen) atoms. The zero-order valence-electron chi connectivity index (χ0n) is 17.0. The maximum absolute atomic E-state index is 12.7. The molecule has 0 fully saturated rings. The number of carbonyl (C=O) groups excluding carboxylic acids is 2. The van der Waals surface area contributed by atoms with Crippen molar-refractivity contribution in [2.75, 3.05) is 11.9 Å². The van der Waals surface area contributed by atoms with Crippen LogP contribution in [0.3, 0.4) is 0 Å². The Morgan fingerprint density at radius 1 is 1.03 bits per heavy atom. The van der Waals surface area contributed by atoms with Crippen LogP contribution in [0.5, 0.6) is 0 Å². The number of anilines is 1. The number of aryl methyl sites for hydroxylation is 3. The van der Waals surface area contributed by atoms with Gasteiger partial charge in [0.1, 0.15) is 5.03 Å². The summed E-state index contributed by atoms with van der Waals surface area (Å²) in [5.41, 5.74) is 4.22. The molecule has 0 spiro atoms. The van der Waals surface area contributed by atoms with Gasteiger partial charge in [-0.1, -0.05) is 47.1 Å². The van der Waals surface area contributed by atoms with Gasteiger partial charge in [-0.2, -0.15) is 0 Å². The zero-order chi connectivity index (χ0) is 21.7. The number of nitrogens with zero attached hydrogens (tertiary/aromatic N) is 1. The fourth-order valence-corrected chi connectivity index (χ4v) is 4.07. The van der Waals surface area contributed by atoms with Crippen molar-refractivity contribution in [2.45, 2.75) is 30.7 Å². The van der Waals surface area contributed by atoms with Gasteiger partial charge in [-0.3, -0.25) is 9.59 Å². The van der Waals surface area contributed by atoms with E-state index in [1.165, 1.54) is 17.3 Å². The van der Waals surface area contributed by atoms with Gasteiger partial charge < -0.3 is 10.6 Å². The normalized spacial score (nSPS) is 10.5. The number of carbonyl (C=O) groups is 2. The first-order valence-corrected chi connectivity index (χ1v) is 10.6. The molecule has 0 saturated heterocycles. The largest absolute Gasteiger partial charge is 0.343 e. The maximum atomic E-state index is 12.7. The fraction of sp³-hybridized carbons (Fsp3) is 0.174. The van der Waals surface area contributed by atoms with E-state index < -0.39 is 0 Å². The van der Waals surface area contributed by atoms with Crippen LogP contribution in [-0.2, 0) is 4.79 Å². The molecular weight excluding hydrogens is 418 g/mol. The summed E-state index contributed by atoms with van der Waals surface area (Å²) in [5, 5.41) is 6.40. The van der Waals surface area contributed by atoms with Gasteiger partial charge in [0.15, 0.2) is 0 Å². The Hall–Kier alpha value is -2.83. The summed E-state index contributed by atoms with van der Waals surface area (Å²) in [4.78, 5) is 30.3. The molecule has 0 aliphatic rings. The van der Waals surface area contributed by atoms with E-state index in [0.717, 1.165) is 16.0 Å². The van der Waals surface area contributed by atoms with E-state index in [4.69, 9.17) is 11.6 Å². The van der Waals surface area contributed by atoms with Crippen LogP contribution in [0.1, 0.15) is 27.0 Å². The summed E-state index contributed by atoms with van der Waals surface area (Å²) in [5.74, 6) is -0.720. The van der Waals surface area contributed by atoms with Crippen LogP contribution in [0.4, 0.5) is 5.69 Å². The fourth-order valence-electron chi connectivity index (χ4n) is 2.83. The second-order valence-electron chi connectivity index (χ2n) is 6.94. The number of benzene rings is 2. The van der Waals surface area contributed by atoms with E-state index in [1.807, 2.05) is 39.0 Å². The molecule has 1 aromatic heterocycles. The standard InChI is InChI=1S/C23H22ClN3O2S/c1-14-7-9-20(16(3)11-14)30-23-17(5-4-10-25-23)22(29)26-13-21(28)27-19-8-6-15(2)12-18(19)24/h4-12H,13H2,1-3H3,(H,26,29)(H,27,28). The van der Waals surface area contributed by atoms with Crippen molar-refractivity contribution < 1.29 is 9.59 Å². The second kappa shape index (κ2) is 9.78.